The van der Waals surface area contributed by atoms with Gasteiger partial charge in [-0.25, -0.2) is 4.79 Å². The minimum atomic E-state index is -0.00204. The smallest absolute Gasteiger partial charge is 0.315 e. The van der Waals surface area contributed by atoms with E-state index in [9.17, 15) is 4.79 Å². The van der Waals surface area contributed by atoms with Gasteiger partial charge >= 0.3 is 6.03 Å². The van der Waals surface area contributed by atoms with E-state index in [4.69, 9.17) is 0 Å². The molecule has 0 radical (unpaired) electrons. The number of carbonyl (C=O) groups excluding carboxylic acids is 1. The summed E-state index contributed by atoms with van der Waals surface area (Å²) < 4.78 is 0. The van der Waals surface area contributed by atoms with Gasteiger partial charge in [-0.05, 0) is 31.4 Å². The topological polar surface area (TPSA) is 41.1 Å². The van der Waals surface area contributed by atoms with Crippen molar-refractivity contribution in [1.29, 1.82) is 0 Å². The van der Waals surface area contributed by atoms with Crippen LogP contribution >= 0.6 is 11.8 Å². The van der Waals surface area contributed by atoms with Gasteiger partial charge in [0.05, 0.1) is 0 Å². The van der Waals surface area contributed by atoms with Crippen LogP contribution in [0.5, 0.6) is 0 Å². The van der Waals surface area contributed by atoms with Gasteiger partial charge in [0.25, 0.3) is 0 Å². The first-order chi connectivity index (χ1) is 6.76. The van der Waals surface area contributed by atoms with Gasteiger partial charge in [-0.15, -0.1) is 0 Å². The minimum absolute atomic E-state index is 0.00204. The number of hydrogen-bond acceptors (Lipinski definition) is 2. The molecule has 1 saturated carbocycles. The third kappa shape index (κ3) is 4.74. The summed E-state index contributed by atoms with van der Waals surface area (Å²) in [6.45, 7) is 2.95. The molecule has 82 valence electrons. The Bertz CT molecular complexity index is 183. The Kier molecular flexibility index (Phi) is 5.15. The van der Waals surface area contributed by atoms with Crippen LogP contribution in [-0.2, 0) is 0 Å². The molecule has 1 fully saturated rings. The summed E-state index contributed by atoms with van der Waals surface area (Å²) in [5.74, 6) is 1.74. The summed E-state index contributed by atoms with van der Waals surface area (Å²) in [5.41, 5.74) is 0. The monoisotopic (exact) mass is 216 g/mol. The first-order valence-corrected chi connectivity index (χ1v) is 6.69. The highest BCUT2D eigenvalue weighted by Crippen LogP contribution is 2.27. The standard InChI is InChI=1S/C10H20N2OS/c1-3-9(7-14-2)12-10(13)11-6-8-4-5-8/h8-9H,3-7H2,1-2H3,(H2,11,12,13)/t9-/m1/s1. The fraction of sp³-hybridized carbons (Fsp3) is 0.900. The molecule has 2 amide bonds. The van der Waals surface area contributed by atoms with E-state index in [-0.39, 0.29) is 6.03 Å². The van der Waals surface area contributed by atoms with Crippen LogP contribution in [-0.4, -0.2) is 30.6 Å². The molecule has 0 aromatic carbocycles. The molecule has 1 atom stereocenters. The minimum Gasteiger partial charge on any atom is -0.338 e. The second kappa shape index (κ2) is 6.17. The van der Waals surface area contributed by atoms with E-state index in [1.807, 2.05) is 0 Å². The number of carbonyl (C=O) groups is 1. The van der Waals surface area contributed by atoms with Gasteiger partial charge in [0, 0.05) is 18.3 Å². The van der Waals surface area contributed by atoms with E-state index < -0.39 is 0 Å². The van der Waals surface area contributed by atoms with Gasteiger partial charge in [-0.2, -0.15) is 11.8 Å². The molecule has 14 heavy (non-hydrogen) atoms. The summed E-state index contributed by atoms with van der Waals surface area (Å²) in [5, 5.41) is 5.89. The second-order valence-electron chi connectivity index (χ2n) is 3.86. The zero-order valence-electron chi connectivity index (χ0n) is 9.01. The largest absolute Gasteiger partial charge is 0.338 e. The Balaban J connectivity index is 2.09. The third-order valence-corrected chi connectivity index (χ3v) is 3.18. The van der Waals surface area contributed by atoms with Crippen molar-refractivity contribution in [3.63, 3.8) is 0 Å². The Morgan fingerprint density at radius 2 is 2.29 bits per heavy atom. The van der Waals surface area contributed by atoms with Gasteiger partial charge in [0.15, 0.2) is 0 Å². The van der Waals surface area contributed by atoms with Gasteiger partial charge < -0.3 is 10.6 Å². The number of hydrogen-bond donors (Lipinski definition) is 2. The highest BCUT2D eigenvalue weighted by Gasteiger charge is 2.21. The van der Waals surface area contributed by atoms with Gasteiger partial charge in [-0.1, -0.05) is 6.92 Å². The van der Waals surface area contributed by atoms with Crippen LogP contribution in [0.2, 0.25) is 0 Å². The zero-order valence-corrected chi connectivity index (χ0v) is 9.82. The molecule has 1 rings (SSSR count). The predicted molar refractivity (Wildman–Crippen MR) is 61.7 cm³/mol. The normalized spacial score (nSPS) is 17.6. The number of thioether (sulfide) groups is 1. The predicted octanol–water partition coefficient (Wildman–Crippen LogP) is 1.84. The second-order valence-corrected chi connectivity index (χ2v) is 4.77. The molecule has 4 heteroatoms. The van der Waals surface area contributed by atoms with Crippen LogP contribution in [0.3, 0.4) is 0 Å². The van der Waals surface area contributed by atoms with Gasteiger partial charge in [0.1, 0.15) is 0 Å². The Morgan fingerprint density at radius 3 is 2.79 bits per heavy atom. The average Bonchev–Trinajstić information content (AvgIpc) is 2.97. The SMILES string of the molecule is CC[C@H](CSC)NC(=O)NCC1CC1. The molecule has 0 spiro atoms. The van der Waals surface area contributed by atoms with E-state index in [1.165, 1.54) is 12.8 Å². The Labute approximate surface area is 90.4 Å². The molecule has 0 saturated heterocycles. The lowest BCUT2D eigenvalue weighted by Gasteiger charge is -2.16. The van der Waals surface area contributed by atoms with Crippen molar-refractivity contribution in [3.8, 4) is 0 Å². The van der Waals surface area contributed by atoms with Gasteiger partial charge in [0.2, 0.25) is 0 Å². The van der Waals surface area contributed by atoms with Crippen molar-refractivity contribution in [3.05, 3.63) is 0 Å². The summed E-state index contributed by atoms with van der Waals surface area (Å²) in [6.07, 6.45) is 5.62. The molecule has 0 heterocycles. The maximum atomic E-state index is 11.4. The quantitative estimate of drug-likeness (QED) is 0.711. The third-order valence-electron chi connectivity index (χ3n) is 2.44. The maximum absolute atomic E-state index is 11.4. The van der Waals surface area contributed by atoms with Crippen LogP contribution in [0.25, 0.3) is 0 Å². The average molecular weight is 216 g/mol. The van der Waals surface area contributed by atoms with E-state index >= 15 is 0 Å². The lowest BCUT2D eigenvalue weighted by molar-refractivity contribution is 0.237. The van der Waals surface area contributed by atoms with Crippen molar-refractivity contribution < 1.29 is 4.79 Å². The Hall–Kier alpha value is -0.380. The molecular weight excluding hydrogens is 196 g/mol. The molecule has 1 aliphatic carbocycles. The molecule has 0 bridgehead atoms. The summed E-state index contributed by atoms with van der Waals surface area (Å²) in [6, 6.07) is 0.307. The molecule has 1 aliphatic rings. The lowest BCUT2D eigenvalue weighted by Crippen LogP contribution is -2.43. The highest BCUT2D eigenvalue weighted by atomic mass is 32.2. The van der Waals surface area contributed by atoms with Crippen LogP contribution in [0.15, 0.2) is 0 Å². The first kappa shape index (κ1) is 11.7. The van der Waals surface area contributed by atoms with Crippen molar-refractivity contribution in [2.45, 2.75) is 32.2 Å². The van der Waals surface area contributed by atoms with Gasteiger partial charge in [-0.3, -0.25) is 0 Å². The molecule has 3 nitrogen and oxygen atoms in total. The van der Waals surface area contributed by atoms with Crippen LogP contribution in [0, 0.1) is 5.92 Å². The maximum Gasteiger partial charge on any atom is 0.315 e. The van der Waals surface area contributed by atoms with Crippen molar-refractivity contribution >= 4 is 17.8 Å². The number of nitrogens with one attached hydrogen (secondary N) is 2. The molecule has 0 aliphatic heterocycles. The zero-order chi connectivity index (χ0) is 10.4. The van der Waals surface area contributed by atoms with E-state index in [0.717, 1.165) is 24.6 Å². The van der Waals surface area contributed by atoms with E-state index in [2.05, 4.69) is 23.8 Å². The van der Waals surface area contributed by atoms with Crippen LogP contribution in [0.4, 0.5) is 4.79 Å². The van der Waals surface area contributed by atoms with Crippen molar-refractivity contribution in [2.24, 2.45) is 5.92 Å². The van der Waals surface area contributed by atoms with Crippen molar-refractivity contribution in [1.82, 2.24) is 10.6 Å². The fourth-order valence-corrected chi connectivity index (χ4v) is 1.98. The first-order valence-electron chi connectivity index (χ1n) is 5.29. The number of rotatable bonds is 6. The van der Waals surface area contributed by atoms with Crippen molar-refractivity contribution in [2.75, 3.05) is 18.6 Å². The Morgan fingerprint density at radius 1 is 1.57 bits per heavy atom. The molecular formula is C10H20N2OS. The molecule has 0 aromatic heterocycles. The van der Waals surface area contributed by atoms with E-state index in [1.54, 1.807) is 11.8 Å². The molecule has 0 unspecified atom stereocenters. The van der Waals surface area contributed by atoms with Crippen LogP contribution < -0.4 is 10.6 Å². The molecule has 2 N–H and O–H groups in total. The summed E-state index contributed by atoms with van der Waals surface area (Å²) >= 11 is 1.77. The number of urea groups is 1. The summed E-state index contributed by atoms with van der Waals surface area (Å²) in [4.78, 5) is 11.4. The lowest BCUT2D eigenvalue weighted by atomic mass is 10.3. The summed E-state index contributed by atoms with van der Waals surface area (Å²) in [7, 11) is 0. The van der Waals surface area contributed by atoms with E-state index in [0.29, 0.717) is 6.04 Å². The fourth-order valence-electron chi connectivity index (χ4n) is 1.26. The molecule has 0 aromatic rings. The van der Waals surface area contributed by atoms with Crippen LogP contribution in [0.1, 0.15) is 26.2 Å². The number of amides is 2. The highest BCUT2D eigenvalue weighted by molar-refractivity contribution is 7.98.